The molecule has 0 radical (unpaired) electrons. The number of allylic oxidation sites excluding steroid dienone is 3. The summed E-state index contributed by atoms with van der Waals surface area (Å²) in [5.41, 5.74) is 1.34. The molecule has 0 N–H and O–H groups in total. The van der Waals surface area contributed by atoms with E-state index < -0.39 is 0 Å². The highest BCUT2D eigenvalue weighted by Crippen LogP contribution is 2.29. The maximum absolute atomic E-state index is 12.1. The molecule has 0 spiro atoms. The van der Waals surface area contributed by atoms with E-state index >= 15 is 0 Å². The molecule has 0 saturated heterocycles. The third-order valence-electron chi connectivity index (χ3n) is 3.39. The fraction of sp³-hybridized carbons (Fsp3) is 0.467. The summed E-state index contributed by atoms with van der Waals surface area (Å²) in [4.78, 5) is 25.5. The first-order chi connectivity index (χ1) is 8.75. The van der Waals surface area contributed by atoms with E-state index in [0.29, 0.717) is 18.5 Å². The van der Waals surface area contributed by atoms with Crippen LogP contribution in [0.15, 0.2) is 35.5 Å². The summed E-state index contributed by atoms with van der Waals surface area (Å²) in [7, 11) is 0. The number of amides is 2. The second-order valence-corrected chi connectivity index (χ2v) is 4.66. The molecule has 0 aromatic rings. The van der Waals surface area contributed by atoms with Crippen LogP contribution in [-0.4, -0.2) is 23.3 Å². The van der Waals surface area contributed by atoms with Crippen LogP contribution < -0.4 is 0 Å². The van der Waals surface area contributed by atoms with Crippen LogP contribution >= 0.6 is 0 Å². The summed E-state index contributed by atoms with van der Waals surface area (Å²) >= 11 is 0. The molecule has 0 bridgehead atoms. The Hall–Kier alpha value is -1.64. The molecule has 2 aliphatic rings. The molecule has 0 unspecified atom stereocenters. The summed E-state index contributed by atoms with van der Waals surface area (Å²) in [5.74, 6) is -0.164. The van der Waals surface area contributed by atoms with Crippen LogP contribution in [0, 0.1) is 0 Å². The van der Waals surface area contributed by atoms with Crippen LogP contribution in [0.1, 0.15) is 39.0 Å². The van der Waals surface area contributed by atoms with Gasteiger partial charge in [-0.1, -0.05) is 24.3 Å². The zero-order valence-corrected chi connectivity index (χ0v) is 10.8. The Kier molecular flexibility index (Phi) is 4.13. The van der Waals surface area contributed by atoms with Gasteiger partial charge in [-0.2, -0.15) is 0 Å². The van der Waals surface area contributed by atoms with Crippen molar-refractivity contribution in [1.82, 2.24) is 4.90 Å². The van der Waals surface area contributed by atoms with Crippen molar-refractivity contribution in [1.29, 1.82) is 0 Å². The molecule has 2 amide bonds. The summed E-state index contributed by atoms with van der Waals surface area (Å²) in [6, 6.07) is 0. The fourth-order valence-corrected chi connectivity index (χ4v) is 2.39. The topological polar surface area (TPSA) is 37.4 Å². The van der Waals surface area contributed by atoms with Gasteiger partial charge in [0.15, 0.2) is 0 Å². The Labute approximate surface area is 108 Å². The Bertz CT molecular complexity index is 443. The summed E-state index contributed by atoms with van der Waals surface area (Å²) in [5, 5.41) is 0. The zero-order chi connectivity index (χ0) is 13.0. The predicted octanol–water partition coefficient (Wildman–Crippen LogP) is 2.75. The van der Waals surface area contributed by atoms with Crippen molar-refractivity contribution in [3.63, 3.8) is 0 Å². The van der Waals surface area contributed by atoms with Gasteiger partial charge in [-0.15, -0.1) is 0 Å². The molecule has 0 fully saturated rings. The summed E-state index contributed by atoms with van der Waals surface area (Å²) < 4.78 is 0. The second-order valence-electron chi connectivity index (χ2n) is 4.66. The first kappa shape index (κ1) is 12.8. The van der Waals surface area contributed by atoms with Gasteiger partial charge in [-0.25, -0.2) is 0 Å². The minimum Gasteiger partial charge on any atom is -0.275 e. The molecule has 3 heteroatoms. The molecule has 1 heterocycles. The number of hydrogen-bond acceptors (Lipinski definition) is 2. The first-order valence-corrected chi connectivity index (χ1v) is 6.62. The third kappa shape index (κ3) is 2.45. The van der Waals surface area contributed by atoms with Crippen LogP contribution in [0.3, 0.4) is 0 Å². The molecule has 18 heavy (non-hydrogen) atoms. The lowest BCUT2D eigenvalue weighted by atomic mass is 10.00. The molecule has 0 saturated carbocycles. The lowest BCUT2D eigenvalue weighted by Gasteiger charge is -2.14. The maximum atomic E-state index is 12.1. The van der Waals surface area contributed by atoms with Crippen LogP contribution in [0.5, 0.6) is 0 Å². The fourth-order valence-electron chi connectivity index (χ4n) is 2.39. The minimum atomic E-state index is -0.100. The van der Waals surface area contributed by atoms with E-state index in [2.05, 4.69) is 6.08 Å². The van der Waals surface area contributed by atoms with Crippen molar-refractivity contribution < 1.29 is 9.59 Å². The van der Waals surface area contributed by atoms with Gasteiger partial charge in [-0.3, -0.25) is 14.5 Å². The zero-order valence-electron chi connectivity index (χ0n) is 10.8. The maximum Gasteiger partial charge on any atom is 0.261 e. The Morgan fingerprint density at radius 2 is 2.11 bits per heavy atom. The van der Waals surface area contributed by atoms with Gasteiger partial charge in [0.1, 0.15) is 0 Å². The van der Waals surface area contributed by atoms with E-state index in [1.807, 2.05) is 19.1 Å². The van der Waals surface area contributed by atoms with Crippen LogP contribution in [0.4, 0.5) is 0 Å². The predicted molar refractivity (Wildman–Crippen MR) is 70.8 cm³/mol. The Morgan fingerprint density at radius 1 is 1.28 bits per heavy atom. The molecule has 0 aromatic heterocycles. The van der Waals surface area contributed by atoms with Gasteiger partial charge in [0.2, 0.25) is 0 Å². The Morgan fingerprint density at radius 3 is 2.83 bits per heavy atom. The largest absolute Gasteiger partial charge is 0.275 e. The highest BCUT2D eigenvalue weighted by atomic mass is 16.2. The van der Waals surface area contributed by atoms with E-state index in [1.165, 1.54) is 4.90 Å². The molecular weight excluding hydrogens is 226 g/mol. The first-order valence-electron chi connectivity index (χ1n) is 6.62. The minimum absolute atomic E-state index is 0.0645. The average molecular weight is 245 g/mol. The van der Waals surface area contributed by atoms with Gasteiger partial charge < -0.3 is 0 Å². The van der Waals surface area contributed by atoms with Gasteiger partial charge >= 0.3 is 0 Å². The van der Waals surface area contributed by atoms with E-state index in [4.69, 9.17) is 0 Å². The highest BCUT2D eigenvalue weighted by Gasteiger charge is 2.36. The summed E-state index contributed by atoms with van der Waals surface area (Å²) in [6.45, 7) is 2.55. The quantitative estimate of drug-likeness (QED) is 0.424. The van der Waals surface area contributed by atoms with Crippen LogP contribution in [-0.2, 0) is 9.59 Å². The molecule has 3 nitrogen and oxygen atoms in total. The van der Waals surface area contributed by atoms with Gasteiger partial charge in [0, 0.05) is 17.7 Å². The molecular formula is C15H19NO2. The average Bonchev–Trinajstić information content (AvgIpc) is 2.64. The van der Waals surface area contributed by atoms with Crippen molar-refractivity contribution >= 4 is 11.8 Å². The number of nitrogens with zero attached hydrogens (tertiary/aromatic N) is 1. The van der Waals surface area contributed by atoms with Crippen LogP contribution in [0.25, 0.3) is 0 Å². The molecule has 1 aliphatic heterocycles. The van der Waals surface area contributed by atoms with Gasteiger partial charge in [-0.05, 0) is 39.0 Å². The molecule has 2 rings (SSSR count). The van der Waals surface area contributed by atoms with Crippen molar-refractivity contribution in [2.24, 2.45) is 0 Å². The SMILES string of the molecule is C/C=C\CCCCN1C(=O)C2=C(CCC=C2)C1=O. The van der Waals surface area contributed by atoms with E-state index in [-0.39, 0.29) is 11.8 Å². The van der Waals surface area contributed by atoms with Crippen molar-refractivity contribution in [3.8, 4) is 0 Å². The molecule has 0 atom stereocenters. The standard InChI is InChI=1S/C15H19NO2/c1-2-3-4-5-8-11-16-14(17)12-9-6-7-10-13(12)15(16)18/h2-3,6,9H,4-5,7-8,10-11H2,1H3/b3-2-. The smallest absolute Gasteiger partial charge is 0.261 e. The molecule has 96 valence electrons. The molecule has 0 aromatic carbocycles. The number of hydrogen-bond donors (Lipinski definition) is 0. The third-order valence-corrected chi connectivity index (χ3v) is 3.39. The number of carbonyl (C=O) groups excluding carboxylic acids is 2. The van der Waals surface area contributed by atoms with Crippen LogP contribution in [0.2, 0.25) is 0 Å². The lowest BCUT2D eigenvalue weighted by molar-refractivity contribution is -0.137. The van der Waals surface area contributed by atoms with E-state index in [9.17, 15) is 9.59 Å². The second kappa shape index (κ2) is 5.80. The van der Waals surface area contributed by atoms with Crippen molar-refractivity contribution in [3.05, 3.63) is 35.5 Å². The molecule has 1 aliphatic carbocycles. The number of rotatable bonds is 5. The summed E-state index contributed by atoms with van der Waals surface area (Å²) in [6.07, 6.45) is 12.4. The highest BCUT2D eigenvalue weighted by molar-refractivity contribution is 6.20. The number of imide groups is 1. The monoisotopic (exact) mass is 245 g/mol. The lowest BCUT2D eigenvalue weighted by Crippen LogP contribution is -2.32. The Balaban J connectivity index is 1.90. The normalized spacial score (nSPS) is 19.3. The van der Waals surface area contributed by atoms with Crippen molar-refractivity contribution in [2.75, 3.05) is 6.54 Å². The van der Waals surface area contributed by atoms with Gasteiger partial charge in [0.25, 0.3) is 11.8 Å². The van der Waals surface area contributed by atoms with Gasteiger partial charge in [0.05, 0.1) is 0 Å². The number of unbranched alkanes of at least 4 members (excludes halogenated alkanes) is 2. The van der Waals surface area contributed by atoms with Crippen molar-refractivity contribution in [2.45, 2.75) is 39.0 Å². The van der Waals surface area contributed by atoms with E-state index in [0.717, 1.165) is 31.3 Å². The number of carbonyl (C=O) groups is 2. The van der Waals surface area contributed by atoms with E-state index in [1.54, 1.807) is 6.08 Å².